The van der Waals surface area contributed by atoms with Gasteiger partial charge in [-0.15, -0.1) is 0 Å². The minimum atomic E-state index is -3.13. The maximum absolute atomic E-state index is 11.5. The van der Waals surface area contributed by atoms with Crippen molar-refractivity contribution in [3.8, 4) is 0 Å². The standard InChI is InChI=1S/C17H16NO2S/c1-21(19,20)16-10-8-14(9-11-16)13-18-12-4-6-15-5-2-3-7-17(15)18/h2-12H,13H2,1H3/q+1. The average molecular weight is 298 g/mol. The lowest BCUT2D eigenvalue weighted by molar-refractivity contribution is -0.662. The van der Waals surface area contributed by atoms with E-state index in [-0.39, 0.29) is 0 Å². The minimum absolute atomic E-state index is 0.356. The summed E-state index contributed by atoms with van der Waals surface area (Å²) < 4.78 is 25.1. The number of fused-ring (bicyclic) bond motifs is 1. The maximum Gasteiger partial charge on any atom is 0.212 e. The van der Waals surface area contributed by atoms with Crippen molar-refractivity contribution in [2.45, 2.75) is 11.4 Å². The first kappa shape index (κ1) is 13.8. The Morgan fingerprint density at radius 2 is 1.57 bits per heavy atom. The van der Waals surface area contributed by atoms with Crippen LogP contribution in [0.15, 0.2) is 71.8 Å². The summed E-state index contributed by atoms with van der Waals surface area (Å²) >= 11 is 0. The number of aromatic nitrogens is 1. The van der Waals surface area contributed by atoms with Crippen LogP contribution in [0.3, 0.4) is 0 Å². The molecule has 3 rings (SSSR count). The summed E-state index contributed by atoms with van der Waals surface area (Å²) in [6, 6.07) is 19.4. The van der Waals surface area contributed by atoms with Crippen molar-refractivity contribution < 1.29 is 13.0 Å². The molecule has 0 radical (unpaired) electrons. The molecule has 0 atom stereocenters. The first-order valence-electron chi connectivity index (χ1n) is 6.70. The van der Waals surface area contributed by atoms with Crippen LogP contribution in [0.2, 0.25) is 0 Å². The summed E-state index contributed by atoms with van der Waals surface area (Å²) in [4.78, 5) is 0.356. The fourth-order valence-corrected chi connectivity index (χ4v) is 3.03. The third-order valence-corrected chi connectivity index (χ3v) is 4.62. The highest BCUT2D eigenvalue weighted by molar-refractivity contribution is 7.90. The van der Waals surface area contributed by atoms with Gasteiger partial charge in [-0.1, -0.05) is 24.3 Å². The molecule has 1 aromatic heterocycles. The van der Waals surface area contributed by atoms with Gasteiger partial charge in [-0.25, -0.2) is 8.42 Å². The molecule has 0 N–H and O–H groups in total. The largest absolute Gasteiger partial charge is 0.224 e. The van der Waals surface area contributed by atoms with Crippen molar-refractivity contribution in [1.29, 1.82) is 0 Å². The summed E-state index contributed by atoms with van der Waals surface area (Å²) in [6.07, 6.45) is 3.26. The van der Waals surface area contributed by atoms with E-state index in [1.165, 1.54) is 11.6 Å². The molecule has 0 bridgehead atoms. The van der Waals surface area contributed by atoms with E-state index in [1.807, 2.05) is 36.5 Å². The van der Waals surface area contributed by atoms with Crippen LogP contribution in [-0.2, 0) is 16.4 Å². The van der Waals surface area contributed by atoms with Gasteiger partial charge in [0.2, 0.25) is 5.52 Å². The lowest BCUT2D eigenvalue weighted by atomic mass is 10.2. The van der Waals surface area contributed by atoms with Gasteiger partial charge in [-0.3, -0.25) is 0 Å². The van der Waals surface area contributed by atoms with Gasteiger partial charge in [0.25, 0.3) is 0 Å². The molecule has 4 heteroatoms. The Bertz CT molecular complexity index is 879. The fraction of sp³-hybridized carbons (Fsp3) is 0.118. The van der Waals surface area contributed by atoms with Crippen LogP contribution >= 0.6 is 0 Å². The van der Waals surface area contributed by atoms with Gasteiger partial charge < -0.3 is 0 Å². The van der Waals surface area contributed by atoms with Crippen LogP contribution < -0.4 is 4.57 Å². The molecular formula is C17H16NO2S+. The van der Waals surface area contributed by atoms with E-state index in [1.54, 1.807) is 12.1 Å². The monoisotopic (exact) mass is 298 g/mol. The van der Waals surface area contributed by atoms with Crippen molar-refractivity contribution in [2.24, 2.45) is 0 Å². The van der Waals surface area contributed by atoms with E-state index in [0.29, 0.717) is 11.4 Å². The Labute approximate surface area is 124 Å². The topological polar surface area (TPSA) is 38.0 Å². The van der Waals surface area contributed by atoms with Gasteiger partial charge in [0, 0.05) is 29.3 Å². The van der Waals surface area contributed by atoms with E-state index in [0.717, 1.165) is 11.1 Å². The molecule has 0 aliphatic rings. The molecule has 3 aromatic rings. The number of sulfone groups is 1. The fourth-order valence-electron chi connectivity index (χ4n) is 2.40. The second kappa shape index (κ2) is 5.30. The van der Waals surface area contributed by atoms with Gasteiger partial charge in [0.15, 0.2) is 22.6 Å². The zero-order valence-corrected chi connectivity index (χ0v) is 12.5. The molecule has 0 unspecified atom stereocenters. The zero-order valence-electron chi connectivity index (χ0n) is 11.7. The number of hydrogen-bond acceptors (Lipinski definition) is 2. The van der Waals surface area contributed by atoms with Gasteiger partial charge in [0.05, 0.1) is 4.90 Å². The Morgan fingerprint density at radius 3 is 2.29 bits per heavy atom. The minimum Gasteiger partial charge on any atom is -0.224 e. The molecule has 3 nitrogen and oxygen atoms in total. The number of nitrogens with zero attached hydrogens (tertiary/aromatic N) is 1. The Morgan fingerprint density at radius 1 is 0.905 bits per heavy atom. The van der Waals surface area contributed by atoms with Crippen molar-refractivity contribution >= 4 is 20.7 Å². The summed E-state index contributed by atoms with van der Waals surface area (Å²) in [5.41, 5.74) is 2.23. The smallest absolute Gasteiger partial charge is 0.212 e. The summed E-state index contributed by atoms with van der Waals surface area (Å²) in [7, 11) is -3.13. The van der Waals surface area contributed by atoms with Crippen LogP contribution in [0.4, 0.5) is 0 Å². The SMILES string of the molecule is CS(=O)(=O)c1ccc(C[n+]2cccc3ccccc32)cc1. The lowest BCUT2D eigenvalue weighted by Crippen LogP contribution is -2.34. The quantitative estimate of drug-likeness (QED) is 0.697. The van der Waals surface area contributed by atoms with E-state index < -0.39 is 9.84 Å². The molecular weight excluding hydrogens is 282 g/mol. The van der Waals surface area contributed by atoms with E-state index in [2.05, 4.69) is 22.8 Å². The molecule has 0 spiro atoms. The van der Waals surface area contributed by atoms with Crippen molar-refractivity contribution in [3.63, 3.8) is 0 Å². The third kappa shape index (κ3) is 2.95. The van der Waals surface area contributed by atoms with Crippen LogP contribution in [0.1, 0.15) is 5.56 Å². The third-order valence-electron chi connectivity index (χ3n) is 3.49. The zero-order chi connectivity index (χ0) is 14.9. The highest BCUT2D eigenvalue weighted by Gasteiger charge is 2.10. The average Bonchev–Trinajstić information content (AvgIpc) is 2.47. The molecule has 0 saturated carbocycles. The van der Waals surface area contributed by atoms with Gasteiger partial charge >= 0.3 is 0 Å². The van der Waals surface area contributed by atoms with Crippen LogP contribution in [0.5, 0.6) is 0 Å². The number of benzene rings is 2. The van der Waals surface area contributed by atoms with Crippen molar-refractivity contribution in [2.75, 3.05) is 6.26 Å². The van der Waals surface area contributed by atoms with E-state index in [4.69, 9.17) is 0 Å². The first-order chi connectivity index (χ1) is 10.0. The van der Waals surface area contributed by atoms with Gasteiger partial charge in [-0.2, -0.15) is 4.57 Å². The molecule has 2 aromatic carbocycles. The van der Waals surface area contributed by atoms with Gasteiger partial charge in [-0.05, 0) is 24.3 Å². The number of para-hydroxylation sites is 1. The molecule has 106 valence electrons. The molecule has 0 amide bonds. The van der Waals surface area contributed by atoms with Crippen molar-refractivity contribution in [3.05, 3.63) is 72.4 Å². The highest BCUT2D eigenvalue weighted by Crippen LogP contribution is 2.12. The molecule has 0 aliphatic carbocycles. The van der Waals surface area contributed by atoms with Crippen LogP contribution in [-0.4, -0.2) is 14.7 Å². The Balaban J connectivity index is 1.96. The lowest BCUT2D eigenvalue weighted by Gasteiger charge is -2.03. The Hall–Kier alpha value is -2.20. The van der Waals surface area contributed by atoms with E-state index >= 15 is 0 Å². The maximum atomic E-state index is 11.5. The first-order valence-corrected chi connectivity index (χ1v) is 8.59. The second-order valence-corrected chi connectivity index (χ2v) is 7.13. The molecule has 0 fully saturated rings. The molecule has 21 heavy (non-hydrogen) atoms. The predicted octanol–water partition coefficient (Wildman–Crippen LogP) is 2.58. The predicted molar refractivity (Wildman–Crippen MR) is 82.8 cm³/mol. The van der Waals surface area contributed by atoms with Crippen LogP contribution in [0, 0.1) is 0 Å². The molecule has 0 aliphatic heterocycles. The Kier molecular flexibility index (Phi) is 3.47. The van der Waals surface area contributed by atoms with Crippen LogP contribution in [0.25, 0.3) is 10.9 Å². The second-order valence-electron chi connectivity index (χ2n) is 5.11. The summed E-state index contributed by atoms with van der Waals surface area (Å²) in [6.45, 7) is 0.714. The molecule has 1 heterocycles. The number of hydrogen-bond donors (Lipinski definition) is 0. The number of rotatable bonds is 3. The number of pyridine rings is 1. The van der Waals surface area contributed by atoms with Crippen molar-refractivity contribution in [1.82, 2.24) is 0 Å². The van der Waals surface area contributed by atoms with E-state index in [9.17, 15) is 8.42 Å². The summed E-state index contributed by atoms with van der Waals surface area (Å²) in [5, 5.41) is 1.19. The summed E-state index contributed by atoms with van der Waals surface area (Å²) in [5.74, 6) is 0. The van der Waals surface area contributed by atoms with Gasteiger partial charge in [0.1, 0.15) is 0 Å². The normalized spacial score (nSPS) is 11.7. The highest BCUT2D eigenvalue weighted by atomic mass is 32.2. The molecule has 0 saturated heterocycles.